The Morgan fingerprint density at radius 2 is 1.88 bits per heavy atom. The van der Waals surface area contributed by atoms with Gasteiger partial charge in [-0.3, -0.25) is 0 Å². The van der Waals surface area contributed by atoms with Crippen LogP contribution in [-0.2, 0) is 4.74 Å². The van der Waals surface area contributed by atoms with Crippen molar-refractivity contribution in [1.82, 2.24) is 5.32 Å². The van der Waals surface area contributed by atoms with Crippen LogP contribution in [0.25, 0.3) is 0 Å². The maximum Gasteiger partial charge on any atom is 0.337 e. The molecule has 0 aliphatic carbocycles. The van der Waals surface area contributed by atoms with E-state index < -0.39 is 0 Å². The number of thiocarbonyl (C=S) groups is 1. The van der Waals surface area contributed by atoms with E-state index >= 15 is 0 Å². The van der Waals surface area contributed by atoms with Gasteiger partial charge in [0.15, 0.2) is 5.11 Å². The van der Waals surface area contributed by atoms with Crippen LogP contribution in [0.15, 0.2) is 48.5 Å². The number of nitrogens with one attached hydrogen (secondary N) is 2. The summed E-state index contributed by atoms with van der Waals surface area (Å²) in [6.07, 6.45) is 0.769. The molecule has 0 amide bonds. The summed E-state index contributed by atoms with van der Waals surface area (Å²) in [5, 5.41) is 6.67. The van der Waals surface area contributed by atoms with Crippen LogP contribution >= 0.6 is 12.2 Å². The molecule has 0 spiro atoms. The zero-order valence-corrected chi connectivity index (χ0v) is 14.8. The molecule has 0 unspecified atom stereocenters. The lowest BCUT2D eigenvalue weighted by molar-refractivity contribution is 0.0600. The highest BCUT2D eigenvalue weighted by Gasteiger charge is 2.04. The summed E-state index contributed by atoms with van der Waals surface area (Å²) in [5.41, 5.74) is 7.77. The zero-order chi connectivity index (χ0) is 18.1. The topological polar surface area (TPSA) is 85.6 Å². The number of carbonyl (C=O) groups excluding carboxylic acids is 1. The van der Waals surface area contributed by atoms with E-state index in [1.54, 1.807) is 24.3 Å². The summed E-state index contributed by atoms with van der Waals surface area (Å²) >= 11 is 5.23. The first-order valence-corrected chi connectivity index (χ1v) is 8.21. The molecule has 0 aliphatic rings. The molecular weight excluding hydrogens is 338 g/mol. The van der Waals surface area contributed by atoms with Crippen molar-refractivity contribution in [3.05, 3.63) is 54.1 Å². The van der Waals surface area contributed by atoms with Gasteiger partial charge < -0.3 is 25.8 Å². The van der Waals surface area contributed by atoms with Gasteiger partial charge in [-0.15, -0.1) is 0 Å². The third-order valence-electron chi connectivity index (χ3n) is 3.36. The maximum absolute atomic E-state index is 11.3. The van der Waals surface area contributed by atoms with Crippen LogP contribution in [0.4, 0.5) is 11.4 Å². The van der Waals surface area contributed by atoms with Crippen molar-refractivity contribution in [2.45, 2.75) is 6.42 Å². The van der Waals surface area contributed by atoms with Gasteiger partial charge in [0.25, 0.3) is 0 Å². The standard InChI is InChI=1S/C18H21N3O3S/c1-23-17(22)13-7-9-14(10-8-13)24-12-4-11-20-18(25)21-16-6-3-2-5-15(16)19/h2-3,5-10H,4,11-12,19H2,1H3,(H2,20,21,25). The Morgan fingerprint density at radius 3 is 2.56 bits per heavy atom. The van der Waals surface area contributed by atoms with Crippen LogP contribution in [0, 0.1) is 0 Å². The van der Waals surface area contributed by atoms with E-state index in [1.807, 2.05) is 24.3 Å². The number of benzene rings is 2. The van der Waals surface area contributed by atoms with Crippen molar-refractivity contribution in [2.75, 3.05) is 31.3 Å². The molecule has 132 valence electrons. The first kappa shape index (κ1) is 18.5. The molecule has 0 fully saturated rings. The van der Waals surface area contributed by atoms with Crippen molar-refractivity contribution in [2.24, 2.45) is 0 Å². The van der Waals surface area contributed by atoms with Crippen LogP contribution < -0.4 is 21.1 Å². The SMILES string of the molecule is COC(=O)c1ccc(OCCCNC(=S)Nc2ccccc2N)cc1. The Labute approximate surface area is 152 Å². The monoisotopic (exact) mass is 359 g/mol. The van der Waals surface area contributed by atoms with Gasteiger partial charge in [-0.2, -0.15) is 0 Å². The lowest BCUT2D eigenvalue weighted by atomic mass is 10.2. The summed E-state index contributed by atoms with van der Waals surface area (Å²) < 4.78 is 10.3. The average Bonchev–Trinajstić information content (AvgIpc) is 2.63. The first-order chi connectivity index (χ1) is 12.1. The van der Waals surface area contributed by atoms with E-state index in [9.17, 15) is 4.79 Å². The molecule has 0 radical (unpaired) electrons. The third kappa shape index (κ3) is 5.96. The second kappa shape index (κ2) is 9.48. The van der Waals surface area contributed by atoms with Gasteiger partial charge >= 0.3 is 5.97 Å². The van der Waals surface area contributed by atoms with Gasteiger partial charge in [0, 0.05) is 6.54 Å². The summed E-state index contributed by atoms with van der Waals surface area (Å²) in [5.74, 6) is 0.334. The van der Waals surface area contributed by atoms with Gasteiger partial charge in [-0.1, -0.05) is 12.1 Å². The second-order valence-corrected chi connectivity index (χ2v) is 5.59. The predicted octanol–water partition coefficient (Wildman–Crippen LogP) is 2.81. The number of ether oxygens (including phenoxy) is 2. The number of rotatable bonds is 7. The molecule has 2 rings (SSSR count). The number of anilines is 2. The fourth-order valence-corrected chi connectivity index (χ4v) is 2.26. The Hall–Kier alpha value is -2.80. The van der Waals surface area contributed by atoms with Gasteiger partial charge in [-0.05, 0) is 55.0 Å². The number of para-hydroxylation sites is 2. The minimum Gasteiger partial charge on any atom is -0.494 e. The van der Waals surface area contributed by atoms with E-state index in [-0.39, 0.29) is 5.97 Å². The number of nitrogen functional groups attached to an aromatic ring is 1. The molecule has 0 saturated heterocycles. The van der Waals surface area contributed by atoms with Crippen molar-refractivity contribution in [1.29, 1.82) is 0 Å². The van der Waals surface area contributed by atoms with Crippen molar-refractivity contribution < 1.29 is 14.3 Å². The zero-order valence-electron chi connectivity index (χ0n) is 14.0. The molecule has 0 bridgehead atoms. The first-order valence-electron chi connectivity index (χ1n) is 7.80. The molecule has 0 heterocycles. The fraction of sp³-hybridized carbons (Fsp3) is 0.222. The minimum atomic E-state index is -0.365. The number of nitrogens with two attached hydrogens (primary N) is 1. The van der Waals surface area contributed by atoms with Crippen LogP contribution in [0.5, 0.6) is 5.75 Å². The quantitative estimate of drug-likeness (QED) is 0.303. The lowest BCUT2D eigenvalue weighted by Crippen LogP contribution is -2.30. The molecule has 0 aliphatic heterocycles. The van der Waals surface area contributed by atoms with Crippen molar-refractivity contribution in [3.8, 4) is 5.75 Å². The fourth-order valence-electron chi connectivity index (χ4n) is 2.05. The van der Waals surface area contributed by atoms with Gasteiger partial charge in [0.2, 0.25) is 0 Å². The van der Waals surface area contributed by atoms with E-state index in [1.165, 1.54) is 7.11 Å². The Bertz CT molecular complexity index is 720. The Kier molecular flexibility index (Phi) is 7.03. The highest BCUT2D eigenvalue weighted by atomic mass is 32.1. The summed E-state index contributed by atoms with van der Waals surface area (Å²) in [6, 6.07) is 14.3. The van der Waals surface area contributed by atoms with E-state index in [2.05, 4.69) is 15.4 Å². The highest BCUT2D eigenvalue weighted by Crippen LogP contribution is 2.16. The third-order valence-corrected chi connectivity index (χ3v) is 3.61. The summed E-state index contributed by atoms with van der Waals surface area (Å²) in [4.78, 5) is 11.3. The summed E-state index contributed by atoms with van der Waals surface area (Å²) in [7, 11) is 1.35. The molecule has 4 N–H and O–H groups in total. The van der Waals surface area contributed by atoms with Crippen LogP contribution in [0.1, 0.15) is 16.8 Å². The normalized spacial score (nSPS) is 9.96. The Balaban J connectivity index is 1.65. The second-order valence-electron chi connectivity index (χ2n) is 5.19. The van der Waals surface area contributed by atoms with Crippen LogP contribution in [0.3, 0.4) is 0 Å². The molecular formula is C18H21N3O3S. The number of carbonyl (C=O) groups is 1. The number of esters is 1. The Morgan fingerprint density at radius 1 is 1.16 bits per heavy atom. The number of hydrogen-bond acceptors (Lipinski definition) is 5. The summed E-state index contributed by atoms with van der Waals surface area (Å²) in [6.45, 7) is 1.19. The van der Waals surface area contributed by atoms with Gasteiger partial charge in [0.05, 0.1) is 30.7 Å². The minimum absolute atomic E-state index is 0.365. The highest BCUT2D eigenvalue weighted by molar-refractivity contribution is 7.80. The van der Waals surface area contributed by atoms with E-state index in [0.717, 1.165) is 12.1 Å². The number of hydrogen-bond donors (Lipinski definition) is 3. The smallest absolute Gasteiger partial charge is 0.337 e. The van der Waals surface area contributed by atoms with Crippen molar-refractivity contribution in [3.63, 3.8) is 0 Å². The van der Waals surface area contributed by atoms with Crippen LogP contribution in [-0.4, -0.2) is 31.3 Å². The maximum atomic E-state index is 11.3. The van der Waals surface area contributed by atoms with E-state index in [0.29, 0.717) is 35.3 Å². The molecule has 6 nitrogen and oxygen atoms in total. The predicted molar refractivity (Wildman–Crippen MR) is 103 cm³/mol. The number of methoxy groups -OCH3 is 1. The largest absolute Gasteiger partial charge is 0.494 e. The lowest BCUT2D eigenvalue weighted by Gasteiger charge is -2.12. The van der Waals surface area contributed by atoms with E-state index in [4.69, 9.17) is 22.7 Å². The molecule has 0 saturated carbocycles. The van der Waals surface area contributed by atoms with Gasteiger partial charge in [-0.25, -0.2) is 4.79 Å². The molecule has 2 aromatic carbocycles. The average molecular weight is 359 g/mol. The molecule has 25 heavy (non-hydrogen) atoms. The molecule has 2 aromatic rings. The van der Waals surface area contributed by atoms with Crippen LogP contribution in [0.2, 0.25) is 0 Å². The molecule has 0 aromatic heterocycles. The molecule has 0 atom stereocenters. The van der Waals surface area contributed by atoms with Crippen molar-refractivity contribution >= 4 is 34.7 Å². The molecule has 7 heteroatoms. The van der Waals surface area contributed by atoms with Gasteiger partial charge in [0.1, 0.15) is 5.75 Å².